The normalized spacial score (nSPS) is 12.1. The third-order valence-corrected chi connectivity index (χ3v) is 6.15. The molecule has 1 heterocycles. The molecule has 0 aliphatic heterocycles. The highest BCUT2D eigenvalue weighted by atomic mass is 32.2. The molecule has 0 radical (unpaired) electrons. The van der Waals surface area contributed by atoms with Crippen molar-refractivity contribution in [3.63, 3.8) is 0 Å². The van der Waals surface area contributed by atoms with Gasteiger partial charge in [-0.2, -0.15) is 5.10 Å². The summed E-state index contributed by atoms with van der Waals surface area (Å²) in [7, 11) is -4.13. The molecule has 1 aromatic heterocycles. The lowest BCUT2D eigenvalue weighted by molar-refractivity contribution is -0.385. The van der Waals surface area contributed by atoms with Crippen molar-refractivity contribution in [2.75, 3.05) is 0 Å². The van der Waals surface area contributed by atoms with E-state index in [0.717, 1.165) is 10.0 Å². The first-order valence-electron chi connectivity index (χ1n) is 8.38. The second-order valence-electron chi connectivity index (χ2n) is 6.29. The minimum atomic E-state index is -4.13. The van der Waals surface area contributed by atoms with Crippen LogP contribution in [0.1, 0.15) is 18.1 Å². The average molecular weight is 414 g/mol. The average Bonchev–Trinajstić information content (AvgIpc) is 3.06. The van der Waals surface area contributed by atoms with Crippen LogP contribution in [-0.2, 0) is 10.0 Å². The van der Waals surface area contributed by atoms with Gasteiger partial charge in [-0.25, -0.2) is 17.8 Å². The summed E-state index contributed by atoms with van der Waals surface area (Å²) < 4.78 is 27.8. The van der Waals surface area contributed by atoms with E-state index in [4.69, 9.17) is 11.1 Å². The van der Waals surface area contributed by atoms with Crippen LogP contribution in [0.25, 0.3) is 10.9 Å². The molecule has 150 valence electrons. The number of aromatic nitrogens is 1. The Morgan fingerprint density at radius 2 is 1.97 bits per heavy atom. The van der Waals surface area contributed by atoms with Crippen molar-refractivity contribution in [3.05, 3.63) is 69.9 Å². The Kier molecular flexibility index (Phi) is 5.08. The zero-order chi connectivity index (χ0) is 21.3. The molecule has 10 nitrogen and oxygen atoms in total. The van der Waals surface area contributed by atoms with Gasteiger partial charge in [0.05, 0.1) is 21.0 Å². The molecule has 0 amide bonds. The van der Waals surface area contributed by atoms with E-state index in [0.29, 0.717) is 27.7 Å². The smallest absolute Gasteiger partial charge is 0.270 e. The van der Waals surface area contributed by atoms with Crippen molar-refractivity contribution < 1.29 is 13.3 Å². The fourth-order valence-electron chi connectivity index (χ4n) is 2.93. The fourth-order valence-corrected chi connectivity index (χ4v) is 4.55. The van der Waals surface area contributed by atoms with E-state index in [2.05, 4.69) is 10.5 Å². The maximum Gasteiger partial charge on any atom is 0.270 e. The topological polar surface area (TPSA) is 156 Å². The van der Waals surface area contributed by atoms with Crippen LogP contribution in [0.3, 0.4) is 0 Å². The van der Waals surface area contributed by atoms with Gasteiger partial charge in [-0.1, -0.05) is 24.3 Å². The molecular weight excluding hydrogens is 396 g/mol. The van der Waals surface area contributed by atoms with Crippen LogP contribution in [-0.4, -0.2) is 29.0 Å². The van der Waals surface area contributed by atoms with E-state index >= 15 is 0 Å². The number of aryl methyl sites for hydroxylation is 1. The van der Waals surface area contributed by atoms with Gasteiger partial charge in [0.2, 0.25) is 5.96 Å². The molecule has 29 heavy (non-hydrogen) atoms. The van der Waals surface area contributed by atoms with Gasteiger partial charge >= 0.3 is 0 Å². The molecule has 0 spiro atoms. The third-order valence-electron chi connectivity index (χ3n) is 4.33. The summed E-state index contributed by atoms with van der Waals surface area (Å²) in [6.45, 7) is 3.22. The summed E-state index contributed by atoms with van der Waals surface area (Å²) in [6.07, 6.45) is 1.40. The highest BCUT2D eigenvalue weighted by molar-refractivity contribution is 7.90. The van der Waals surface area contributed by atoms with Crippen LogP contribution in [0, 0.1) is 22.4 Å². The number of hydrogen-bond acceptors (Lipinski definition) is 6. The fraction of sp³-hybridized carbons (Fsp3) is 0.111. The van der Waals surface area contributed by atoms with Crippen LogP contribution in [0.2, 0.25) is 0 Å². The molecule has 11 heteroatoms. The van der Waals surface area contributed by atoms with Crippen molar-refractivity contribution >= 4 is 38.3 Å². The molecule has 0 aliphatic carbocycles. The number of hydrazone groups is 1. The van der Waals surface area contributed by atoms with E-state index in [-0.39, 0.29) is 16.5 Å². The summed E-state index contributed by atoms with van der Waals surface area (Å²) in [5.74, 6) is -0.354. The van der Waals surface area contributed by atoms with Gasteiger partial charge in [0.1, 0.15) is 0 Å². The van der Waals surface area contributed by atoms with Gasteiger partial charge in [0.15, 0.2) is 0 Å². The van der Waals surface area contributed by atoms with E-state index in [1.165, 1.54) is 18.3 Å². The van der Waals surface area contributed by atoms with Gasteiger partial charge in [-0.3, -0.25) is 15.5 Å². The summed E-state index contributed by atoms with van der Waals surface area (Å²) in [6, 6.07) is 10.5. The maximum atomic E-state index is 13.4. The predicted molar refractivity (Wildman–Crippen MR) is 110 cm³/mol. The molecule has 4 N–H and O–H groups in total. The molecule has 2 aromatic carbocycles. The van der Waals surface area contributed by atoms with E-state index in [1.807, 2.05) is 0 Å². The van der Waals surface area contributed by atoms with Crippen molar-refractivity contribution in [1.29, 1.82) is 5.41 Å². The molecule has 0 fully saturated rings. The highest BCUT2D eigenvalue weighted by Crippen LogP contribution is 2.29. The second-order valence-corrected chi connectivity index (χ2v) is 8.07. The Morgan fingerprint density at radius 3 is 2.62 bits per heavy atom. The number of nitro groups is 1. The van der Waals surface area contributed by atoms with Crippen molar-refractivity contribution in [2.24, 2.45) is 10.8 Å². The molecule has 3 aromatic rings. The zero-order valence-corrected chi connectivity index (χ0v) is 16.4. The van der Waals surface area contributed by atoms with Gasteiger partial charge in [-0.15, -0.1) is 0 Å². The molecule has 0 saturated heterocycles. The number of nitrogens with zero attached hydrogens (tertiary/aromatic N) is 3. The molecule has 0 saturated carbocycles. The molecule has 0 unspecified atom stereocenters. The number of benzene rings is 2. The zero-order valence-electron chi connectivity index (χ0n) is 15.6. The Morgan fingerprint density at radius 1 is 1.28 bits per heavy atom. The van der Waals surface area contributed by atoms with Crippen LogP contribution < -0.4 is 11.2 Å². The van der Waals surface area contributed by atoms with E-state index in [1.54, 1.807) is 38.1 Å². The van der Waals surface area contributed by atoms with Gasteiger partial charge in [-0.05, 0) is 25.5 Å². The van der Waals surface area contributed by atoms with Gasteiger partial charge < -0.3 is 5.73 Å². The van der Waals surface area contributed by atoms with Gasteiger partial charge in [0, 0.05) is 29.3 Å². The minimum absolute atomic E-state index is 0.157. The molecule has 0 atom stereocenters. The van der Waals surface area contributed by atoms with Crippen LogP contribution in [0.15, 0.2) is 58.7 Å². The summed E-state index contributed by atoms with van der Waals surface area (Å²) in [4.78, 5) is 10.3. The number of nitro benzene ring substituents is 1. The van der Waals surface area contributed by atoms with Crippen LogP contribution in [0.4, 0.5) is 5.69 Å². The van der Waals surface area contributed by atoms with Gasteiger partial charge in [0.25, 0.3) is 15.7 Å². The summed E-state index contributed by atoms with van der Waals surface area (Å²) in [5.41, 5.74) is 8.98. The first-order chi connectivity index (χ1) is 13.6. The van der Waals surface area contributed by atoms with E-state index in [9.17, 15) is 18.5 Å². The standard InChI is InChI=1S/C18H18N6O4S/c1-11-7-8-13(24(25)26)9-17(11)29(27,28)23-10-15(12(2)21-22-18(19)20)14-5-3-4-6-16(14)23/h3-10H,1-2H3,(H4,19,20,22). The maximum absolute atomic E-state index is 13.4. The van der Waals surface area contributed by atoms with Crippen molar-refractivity contribution in [3.8, 4) is 0 Å². The van der Waals surface area contributed by atoms with Crippen molar-refractivity contribution in [2.45, 2.75) is 18.7 Å². The number of rotatable bonds is 5. The minimum Gasteiger partial charge on any atom is -0.369 e. The number of hydrogen-bond donors (Lipinski definition) is 3. The Labute approximate surface area is 166 Å². The highest BCUT2D eigenvalue weighted by Gasteiger charge is 2.25. The number of guanidine groups is 1. The first-order valence-corrected chi connectivity index (χ1v) is 9.82. The summed E-state index contributed by atoms with van der Waals surface area (Å²) >= 11 is 0. The number of nitrogens with two attached hydrogens (primary N) is 1. The second kappa shape index (κ2) is 7.36. The Balaban J connectivity index is 2.25. The molecule has 0 aliphatic rings. The van der Waals surface area contributed by atoms with Crippen LogP contribution in [0.5, 0.6) is 0 Å². The Bertz CT molecular complexity index is 1280. The van der Waals surface area contributed by atoms with Crippen molar-refractivity contribution in [1.82, 2.24) is 9.40 Å². The number of nitrogens with one attached hydrogen (secondary N) is 2. The lowest BCUT2D eigenvalue weighted by Crippen LogP contribution is -2.26. The molecule has 3 rings (SSSR count). The Hall–Kier alpha value is -3.73. The largest absolute Gasteiger partial charge is 0.369 e. The predicted octanol–water partition coefficient (Wildman–Crippen LogP) is 2.30. The lowest BCUT2D eigenvalue weighted by Gasteiger charge is -2.10. The summed E-state index contributed by atoms with van der Waals surface area (Å²) in [5, 5.41) is 22.9. The SMILES string of the molecule is CC(=NNC(=N)N)c1cn(S(=O)(=O)c2cc([N+](=O)[O-])ccc2C)c2ccccc12. The monoisotopic (exact) mass is 414 g/mol. The third kappa shape index (κ3) is 3.67. The quantitative estimate of drug-likeness (QED) is 0.252. The molecular formula is C18H18N6O4S. The first kappa shape index (κ1) is 20.0. The van der Waals surface area contributed by atoms with Crippen LogP contribution >= 0.6 is 0 Å². The number of non-ortho nitro benzene ring substituents is 1. The lowest BCUT2D eigenvalue weighted by atomic mass is 10.1. The molecule has 0 bridgehead atoms. The van der Waals surface area contributed by atoms with E-state index < -0.39 is 14.9 Å². The number of fused-ring (bicyclic) bond motifs is 1. The number of para-hydroxylation sites is 1.